The predicted octanol–water partition coefficient (Wildman–Crippen LogP) is 8.37. The molecule has 0 unspecified atom stereocenters. The van der Waals surface area contributed by atoms with Gasteiger partial charge >= 0.3 is 0 Å². The summed E-state index contributed by atoms with van der Waals surface area (Å²) in [5.74, 6) is 0. The number of aromatic amines is 1. The molecule has 0 fully saturated rings. The molecule has 39 heavy (non-hydrogen) atoms. The second kappa shape index (κ2) is 9.92. The number of halogens is 2. The maximum atomic E-state index is 11.3. The number of H-pyrrole nitrogens is 1. The highest BCUT2D eigenvalue weighted by molar-refractivity contribution is 9.10. The summed E-state index contributed by atoms with van der Waals surface area (Å²) in [5, 5.41) is 17.6. The lowest BCUT2D eigenvalue weighted by Crippen LogP contribution is -2.23. The van der Waals surface area contributed by atoms with E-state index in [1.54, 1.807) is 0 Å². The largest absolute Gasteiger partial charge is 0.384 e. The molecule has 3 heterocycles. The van der Waals surface area contributed by atoms with Crippen LogP contribution in [0.5, 0.6) is 0 Å². The van der Waals surface area contributed by atoms with Crippen LogP contribution in [0.4, 0.5) is 0 Å². The first-order valence-corrected chi connectivity index (χ1v) is 14.3. The Kier molecular flexibility index (Phi) is 6.24. The van der Waals surface area contributed by atoms with Gasteiger partial charge in [-0.05, 0) is 53.6 Å². The molecule has 0 saturated heterocycles. The second-order valence-corrected chi connectivity index (χ2v) is 11.4. The van der Waals surface area contributed by atoms with Crippen LogP contribution >= 0.6 is 31.9 Å². The van der Waals surface area contributed by atoms with Crippen molar-refractivity contribution in [2.24, 2.45) is 0 Å². The van der Waals surface area contributed by atoms with Crippen molar-refractivity contribution in [3.8, 4) is 28.2 Å². The molecule has 5 nitrogen and oxygen atoms in total. The lowest BCUT2D eigenvalue weighted by atomic mass is 9.91. The Balaban J connectivity index is 1.57. The molecule has 192 valence electrons. The fourth-order valence-corrected chi connectivity index (χ4v) is 6.33. The molecule has 0 amide bonds. The summed E-state index contributed by atoms with van der Waals surface area (Å²) in [6, 6.07) is 34.7. The number of aromatic nitrogens is 3. The van der Waals surface area contributed by atoms with Gasteiger partial charge in [0.05, 0.1) is 23.7 Å². The number of nitrogens with zero attached hydrogens (tertiary/aromatic N) is 2. The van der Waals surface area contributed by atoms with Crippen molar-refractivity contribution in [1.82, 2.24) is 14.8 Å². The summed E-state index contributed by atoms with van der Waals surface area (Å²) < 4.78 is 10.2. The van der Waals surface area contributed by atoms with Gasteiger partial charge in [-0.15, -0.1) is 0 Å². The predicted molar refractivity (Wildman–Crippen MR) is 161 cm³/mol. The molecule has 2 atom stereocenters. The summed E-state index contributed by atoms with van der Waals surface area (Å²) in [6.07, 6.45) is -1.24. The normalized spacial score (nSPS) is 16.9. The highest BCUT2D eigenvalue weighted by Gasteiger charge is 2.37. The van der Waals surface area contributed by atoms with E-state index in [9.17, 15) is 5.11 Å². The van der Waals surface area contributed by atoms with E-state index in [1.807, 2.05) is 65.3 Å². The van der Waals surface area contributed by atoms with Crippen molar-refractivity contribution in [2.45, 2.75) is 12.2 Å². The van der Waals surface area contributed by atoms with Gasteiger partial charge in [0.25, 0.3) is 0 Å². The van der Waals surface area contributed by atoms with Crippen molar-refractivity contribution < 1.29 is 9.84 Å². The molecule has 2 N–H and O–H groups in total. The van der Waals surface area contributed by atoms with Crippen LogP contribution in [-0.2, 0) is 4.74 Å². The van der Waals surface area contributed by atoms with Crippen LogP contribution in [0.3, 0.4) is 0 Å². The average molecular weight is 641 g/mol. The van der Waals surface area contributed by atoms with Gasteiger partial charge in [0.2, 0.25) is 0 Å². The minimum Gasteiger partial charge on any atom is -0.384 e. The van der Waals surface area contributed by atoms with E-state index in [-0.39, 0.29) is 6.61 Å². The minimum atomic E-state index is -0.830. The zero-order valence-corrected chi connectivity index (χ0v) is 23.9. The van der Waals surface area contributed by atoms with Crippen LogP contribution in [0.15, 0.2) is 112 Å². The van der Waals surface area contributed by atoms with Crippen LogP contribution in [0.25, 0.3) is 39.1 Å². The third-order valence-corrected chi connectivity index (χ3v) is 8.15. The fourth-order valence-electron chi connectivity index (χ4n) is 5.52. The number of benzene rings is 4. The van der Waals surface area contributed by atoms with E-state index >= 15 is 0 Å². The molecule has 7 rings (SSSR count). The summed E-state index contributed by atoms with van der Waals surface area (Å²) in [5.41, 5.74) is 8.25. The van der Waals surface area contributed by atoms with Gasteiger partial charge in [0.15, 0.2) is 0 Å². The monoisotopic (exact) mass is 639 g/mol. The minimum absolute atomic E-state index is 0.174. The topological polar surface area (TPSA) is 63.1 Å². The fraction of sp³-hybridized carbons (Fsp3) is 0.0938. The first-order valence-electron chi connectivity index (χ1n) is 12.7. The molecule has 0 spiro atoms. The van der Waals surface area contributed by atoms with Gasteiger partial charge in [0.1, 0.15) is 17.9 Å². The number of aliphatic hydroxyl groups excluding tert-OH is 1. The van der Waals surface area contributed by atoms with Crippen LogP contribution < -0.4 is 0 Å². The summed E-state index contributed by atoms with van der Waals surface area (Å²) in [7, 11) is 0. The molecule has 4 aromatic carbocycles. The molecular weight excluding hydrogens is 618 g/mol. The molecule has 2 aromatic heterocycles. The average Bonchev–Trinajstić information content (AvgIpc) is 3.54. The third kappa shape index (κ3) is 4.26. The van der Waals surface area contributed by atoms with Crippen LogP contribution in [0.1, 0.15) is 29.0 Å². The van der Waals surface area contributed by atoms with Crippen LogP contribution in [0, 0.1) is 0 Å². The van der Waals surface area contributed by atoms with E-state index < -0.39 is 12.2 Å². The first kappa shape index (κ1) is 24.5. The highest BCUT2D eigenvalue weighted by Crippen LogP contribution is 2.47. The summed E-state index contributed by atoms with van der Waals surface area (Å²) in [4.78, 5) is 3.67. The van der Waals surface area contributed by atoms with Gasteiger partial charge in [-0.2, -0.15) is 5.10 Å². The number of para-hydroxylation sites is 2. The van der Waals surface area contributed by atoms with E-state index in [2.05, 4.69) is 79.3 Å². The molecular formula is C32H23Br2N3O2. The quantitative estimate of drug-likeness (QED) is 0.203. The van der Waals surface area contributed by atoms with E-state index in [4.69, 9.17) is 9.84 Å². The maximum absolute atomic E-state index is 11.3. The van der Waals surface area contributed by atoms with Gasteiger partial charge in [-0.3, -0.25) is 0 Å². The Morgan fingerprint density at radius 2 is 1.59 bits per heavy atom. The van der Waals surface area contributed by atoms with Crippen LogP contribution in [0.2, 0.25) is 0 Å². The van der Waals surface area contributed by atoms with E-state index in [1.165, 1.54) is 0 Å². The number of aliphatic hydroxyl groups is 1. The Morgan fingerprint density at radius 1 is 0.846 bits per heavy atom. The molecule has 0 saturated carbocycles. The zero-order valence-electron chi connectivity index (χ0n) is 20.7. The van der Waals surface area contributed by atoms with E-state index in [0.29, 0.717) is 0 Å². The molecule has 1 aliphatic rings. The molecule has 0 aliphatic carbocycles. The molecule has 7 heteroatoms. The molecule has 0 radical (unpaired) electrons. The van der Waals surface area contributed by atoms with Crippen molar-refractivity contribution in [2.75, 3.05) is 6.61 Å². The Hall–Kier alpha value is -3.49. The summed E-state index contributed by atoms with van der Waals surface area (Å²) >= 11 is 7.28. The van der Waals surface area contributed by atoms with E-state index in [0.717, 1.165) is 64.9 Å². The number of rotatable bonds is 4. The Bertz CT molecular complexity index is 1830. The zero-order chi connectivity index (χ0) is 26.5. The number of fused-ring (bicyclic) bond motifs is 2. The molecule has 1 aliphatic heterocycles. The lowest BCUT2D eigenvalue weighted by molar-refractivity contribution is -0.0161. The van der Waals surface area contributed by atoms with Crippen molar-refractivity contribution >= 4 is 42.8 Å². The van der Waals surface area contributed by atoms with Gasteiger partial charge in [-0.25, -0.2) is 4.68 Å². The maximum Gasteiger partial charge on any atom is 0.120 e. The first-order chi connectivity index (χ1) is 19.1. The number of hydrogen-bond donors (Lipinski definition) is 2. The van der Waals surface area contributed by atoms with Crippen LogP contribution in [-0.4, -0.2) is 26.5 Å². The molecule has 0 bridgehead atoms. The summed E-state index contributed by atoms with van der Waals surface area (Å²) in [6.45, 7) is 0.174. The lowest BCUT2D eigenvalue weighted by Gasteiger charge is -2.28. The Labute approximate surface area is 242 Å². The SMILES string of the molecule is O[C@@H]1CO[C@H](c2cccc(Br)c2)c2c(-c3[nH]c4ccccc4c3-c3cccc(Br)c3)nn(-c3ccccc3)c21. The number of nitrogens with one attached hydrogen (secondary N) is 1. The van der Waals surface area contributed by atoms with Gasteiger partial charge < -0.3 is 14.8 Å². The second-order valence-electron chi connectivity index (χ2n) is 9.61. The van der Waals surface area contributed by atoms with Gasteiger partial charge in [-0.1, -0.05) is 92.5 Å². The number of hydrogen-bond acceptors (Lipinski definition) is 3. The van der Waals surface area contributed by atoms with Crippen molar-refractivity contribution in [3.05, 3.63) is 129 Å². The smallest absolute Gasteiger partial charge is 0.120 e. The van der Waals surface area contributed by atoms with Crippen molar-refractivity contribution in [3.63, 3.8) is 0 Å². The Morgan fingerprint density at radius 3 is 2.38 bits per heavy atom. The highest BCUT2D eigenvalue weighted by atomic mass is 79.9. The number of ether oxygens (including phenoxy) is 1. The standard InChI is InChI=1S/C32H23Br2N3O2/c33-21-10-6-8-19(16-21)27-24-14-4-5-15-25(24)35-29(27)30-28-31(37(36-30)23-12-2-1-3-13-23)26(38)18-39-32(28)20-9-7-11-22(34)17-20/h1-17,26,32,35,38H,18H2/t26-,32-/m1/s1. The molecule has 6 aromatic rings. The van der Waals surface area contributed by atoms with Gasteiger partial charge in [0, 0.05) is 31.0 Å². The van der Waals surface area contributed by atoms with Crippen molar-refractivity contribution in [1.29, 1.82) is 0 Å². The third-order valence-electron chi connectivity index (χ3n) is 7.17.